The van der Waals surface area contributed by atoms with E-state index in [1.807, 2.05) is 6.92 Å². The molecule has 0 radical (unpaired) electrons. The highest BCUT2D eigenvalue weighted by molar-refractivity contribution is 5.26. The highest BCUT2D eigenvalue weighted by Gasteiger charge is 2.00. The Labute approximate surface area is 83.8 Å². The average molecular weight is 197 g/mol. The van der Waals surface area contributed by atoms with Crippen LogP contribution in [-0.2, 0) is 6.54 Å². The van der Waals surface area contributed by atoms with E-state index in [1.54, 1.807) is 13.0 Å². The number of aliphatic hydroxyl groups excluding tert-OH is 1. The van der Waals surface area contributed by atoms with Gasteiger partial charge in [-0.1, -0.05) is 6.07 Å². The highest BCUT2D eigenvalue weighted by atomic mass is 19.1. The molecule has 1 aromatic carbocycles. The predicted molar refractivity (Wildman–Crippen MR) is 54.5 cm³/mol. The molecule has 0 aliphatic heterocycles. The first-order valence-electron chi connectivity index (χ1n) is 4.73. The summed E-state index contributed by atoms with van der Waals surface area (Å²) >= 11 is 0. The van der Waals surface area contributed by atoms with E-state index in [0.717, 1.165) is 11.1 Å². The first kappa shape index (κ1) is 11.1. The summed E-state index contributed by atoms with van der Waals surface area (Å²) < 4.78 is 12.7. The fraction of sp³-hybridized carbons (Fsp3) is 0.455. The summed E-state index contributed by atoms with van der Waals surface area (Å²) in [6, 6.07) is 4.73. The lowest BCUT2D eigenvalue weighted by Crippen LogP contribution is -2.24. The number of aliphatic hydroxyl groups is 1. The summed E-state index contributed by atoms with van der Waals surface area (Å²) in [6.07, 6.45) is -0.351. The van der Waals surface area contributed by atoms with Gasteiger partial charge in [-0.2, -0.15) is 0 Å². The molecule has 3 heteroatoms. The van der Waals surface area contributed by atoms with Gasteiger partial charge in [0.15, 0.2) is 0 Å². The maximum Gasteiger partial charge on any atom is 0.123 e. The molecule has 2 nitrogen and oxygen atoms in total. The molecule has 0 aliphatic rings. The predicted octanol–water partition coefficient (Wildman–Crippen LogP) is 1.60. The molecule has 1 rings (SSSR count). The van der Waals surface area contributed by atoms with E-state index in [2.05, 4.69) is 5.32 Å². The maximum absolute atomic E-state index is 12.7. The Morgan fingerprint density at radius 1 is 1.50 bits per heavy atom. The van der Waals surface area contributed by atoms with Crippen molar-refractivity contribution < 1.29 is 9.50 Å². The average Bonchev–Trinajstić information content (AvgIpc) is 2.08. The molecule has 0 aromatic heterocycles. The second kappa shape index (κ2) is 5.08. The van der Waals surface area contributed by atoms with Gasteiger partial charge in [0.2, 0.25) is 0 Å². The fourth-order valence-corrected chi connectivity index (χ4v) is 1.27. The maximum atomic E-state index is 12.7. The van der Waals surface area contributed by atoms with Crippen molar-refractivity contribution in [3.05, 3.63) is 35.1 Å². The standard InChI is InChI=1S/C11H16FNO/c1-8-5-11(12)4-3-10(8)7-13-6-9(2)14/h3-5,9,13-14H,6-7H2,1-2H3. The van der Waals surface area contributed by atoms with Crippen molar-refractivity contribution in [2.75, 3.05) is 6.54 Å². The number of hydrogen-bond donors (Lipinski definition) is 2. The van der Waals surface area contributed by atoms with Crippen LogP contribution < -0.4 is 5.32 Å². The number of benzene rings is 1. The smallest absolute Gasteiger partial charge is 0.123 e. The van der Waals surface area contributed by atoms with Crippen LogP contribution >= 0.6 is 0 Å². The van der Waals surface area contributed by atoms with Gasteiger partial charge in [0.25, 0.3) is 0 Å². The van der Waals surface area contributed by atoms with Gasteiger partial charge < -0.3 is 10.4 Å². The first-order chi connectivity index (χ1) is 6.59. The summed E-state index contributed by atoms with van der Waals surface area (Å²) in [6.45, 7) is 4.82. The van der Waals surface area contributed by atoms with Crippen molar-refractivity contribution in [2.24, 2.45) is 0 Å². The van der Waals surface area contributed by atoms with Crippen molar-refractivity contribution in [3.8, 4) is 0 Å². The van der Waals surface area contributed by atoms with Gasteiger partial charge >= 0.3 is 0 Å². The van der Waals surface area contributed by atoms with Crippen molar-refractivity contribution >= 4 is 0 Å². The molecule has 0 aliphatic carbocycles. The van der Waals surface area contributed by atoms with Crippen LogP contribution in [0.25, 0.3) is 0 Å². The Morgan fingerprint density at radius 2 is 2.21 bits per heavy atom. The molecule has 14 heavy (non-hydrogen) atoms. The molecule has 78 valence electrons. The molecule has 0 amide bonds. The Balaban J connectivity index is 2.51. The third kappa shape index (κ3) is 3.44. The van der Waals surface area contributed by atoms with Crippen LogP contribution in [0.5, 0.6) is 0 Å². The molecule has 0 saturated carbocycles. The van der Waals surface area contributed by atoms with E-state index in [0.29, 0.717) is 13.1 Å². The molecule has 0 heterocycles. The number of rotatable bonds is 4. The van der Waals surface area contributed by atoms with Crippen LogP contribution in [-0.4, -0.2) is 17.8 Å². The lowest BCUT2D eigenvalue weighted by molar-refractivity contribution is 0.191. The largest absolute Gasteiger partial charge is 0.392 e. The molecule has 2 N–H and O–H groups in total. The van der Waals surface area contributed by atoms with Crippen LogP contribution in [0, 0.1) is 12.7 Å². The summed E-state index contributed by atoms with van der Waals surface area (Å²) in [5.41, 5.74) is 2.00. The molecular formula is C11H16FNO. The lowest BCUT2D eigenvalue weighted by atomic mass is 10.1. The van der Waals surface area contributed by atoms with Gasteiger partial charge in [0.1, 0.15) is 5.82 Å². The van der Waals surface area contributed by atoms with E-state index < -0.39 is 0 Å². The van der Waals surface area contributed by atoms with Gasteiger partial charge in [-0.05, 0) is 37.1 Å². The van der Waals surface area contributed by atoms with E-state index in [-0.39, 0.29) is 11.9 Å². The van der Waals surface area contributed by atoms with Crippen LogP contribution in [0.3, 0.4) is 0 Å². The molecular weight excluding hydrogens is 181 g/mol. The fourth-order valence-electron chi connectivity index (χ4n) is 1.27. The molecule has 0 fully saturated rings. The van der Waals surface area contributed by atoms with Crippen LogP contribution in [0.15, 0.2) is 18.2 Å². The van der Waals surface area contributed by atoms with E-state index in [1.165, 1.54) is 12.1 Å². The minimum absolute atomic E-state index is 0.207. The second-order valence-electron chi connectivity index (χ2n) is 3.55. The third-order valence-corrected chi connectivity index (χ3v) is 2.06. The van der Waals surface area contributed by atoms with E-state index >= 15 is 0 Å². The minimum Gasteiger partial charge on any atom is -0.392 e. The molecule has 1 unspecified atom stereocenters. The number of aryl methyl sites for hydroxylation is 1. The Hall–Kier alpha value is -0.930. The summed E-state index contributed by atoms with van der Waals surface area (Å²) in [4.78, 5) is 0. The van der Waals surface area contributed by atoms with Crippen LogP contribution in [0.4, 0.5) is 4.39 Å². The van der Waals surface area contributed by atoms with Crippen molar-refractivity contribution in [3.63, 3.8) is 0 Å². The van der Waals surface area contributed by atoms with Crippen molar-refractivity contribution in [1.82, 2.24) is 5.32 Å². The minimum atomic E-state index is -0.351. The summed E-state index contributed by atoms with van der Waals surface area (Å²) in [5.74, 6) is -0.207. The van der Waals surface area contributed by atoms with Crippen LogP contribution in [0.1, 0.15) is 18.1 Å². The monoisotopic (exact) mass is 197 g/mol. The zero-order valence-corrected chi connectivity index (χ0v) is 8.55. The first-order valence-corrected chi connectivity index (χ1v) is 4.73. The van der Waals surface area contributed by atoms with Gasteiger partial charge in [-0.15, -0.1) is 0 Å². The number of nitrogens with one attached hydrogen (secondary N) is 1. The highest BCUT2D eigenvalue weighted by Crippen LogP contribution is 2.09. The van der Waals surface area contributed by atoms with Gasteiger partial charge in [0.05, 0.1) is 6.10 Å². The summed E-state index contributed by atoms with van der Waals surface area (Å²) in [7, 11) is 0. The van der Waals surface area contributed by atoms with Crippen LogP contribution in [0.2, 0.25) is 0 Å². The second-order valence-corrected chi connectivity index (χ2v) is 3.55. The Bertz CT molecular complexity index is 299. The summed E-state index contributed by atoms with van der Waals surface area (Å²) in [5, 5.41) is 12.1. The normalized spacial score (nSPS) is 12.9. The third-order valence-electron chi connectivity index (χ3n) is 2.06. The van der Waals surface area contributed by atoms with E-state index in [9.17, 15) is 4.39 Å². The van der Waals surface area contributed by atoms with Gasteiger partial charge in [-0.3, -0.25) is 0 Å². The molecule has 0 spiro atoms. The number of hydrogen-bond acceptors (Lipinski definition) is 2. The quantitative estimate of drug-likeness (QED) is 0.768. The topological polar surface area (TPSA) is 32.3 Å². The molecule has 1 atom stereocenters. The number of halogens is 1. The Morgan fingerprint density at radius 3 is 2.79 bits per heavy atom. The lowest BCUT2D eigenvalue weighted by Gasteiger charge is -2.09. The molecule has 0 bridgehead atoms. The zero-order valence-electron chi connectivity index (χ0n) is 8.55. The SMILES string of the molecule is Cc1cc(F)ccc1CNCC(C)O. The van der Waals surface area contributed by atoms with E-state index in [4.69, 9.17) is 5.11 Å². The van der Waals surface area contributed by atoms with Gasteiger partial charge in [-0.25, -0.2) is 4.39 Å². The zero-order chi connectivity index (χ0) is 10.6. The van der Waals surface area contributed by atoms with Gasteiger partial charge in [0, 0.05) is 13.1 Å². The molecule has 1 aromatic rings. The Kier molecular flexibility index (Phi) is 4.04. The molecule has 0 saturated heterocycles. The van der Waals surface area contributed by atoms with Crippen molar-refractivity contribution in [1.29, 1.82) is 0 Å². The van der Waals surface area contributed by atoms with Crippen molar-refractivity contribution in [2.45, 2.75) is 26.5 Å².